The van der Waals surface area contributed by atoms with Crippen LogP contribution in [0.15, 0.2) is 30.3 Å². The van der Waals surface area contributed by atoms with Crippen molar-refractivity contribution in [3.63, 3.8) is 0 Å². The van der Waals surface area contributed by atoms with Crippen molar-refractivity contribution in [2.24, 2.45) is 0 Å². The highest BCUT2D eigenvalue weighted by Crippen LogP contribution is 2.40. The first-order valence-corrected chi connectivity index (χ1v) is 9.10. The van der Waals surface area contributed by atoms with Crippen LogP contribution in [0, 0.1) is 0 Å². The number of anilines is 1. The molecule has 0 radical (unpaired) electrons. The fraction of sp³-hybridized carbons (Fsp3) is 0.450. The number of hydrogen-bond donors (Lipinski definition) is 1. The monoisotopic (exact) mass is 352 g/mol. The quantitative estimate of drug-likeness (QED) is 0.842. The molecule has 2 aromatic rings. The summed E-state index contributed by atoms with van der Waals surface area (Å²) < 4.78 is 1.84. The maximum atomic E-state index is 12.7. The molecule has 1 aliphatic heterocycles. The van der Waals surface area contributed by atoms with E-state index in [1.807, 2.05) is 10.7 Å². The molecule has 1 saturated carbocycles. The third-order valence-corrected chi connectivity index (χ3v) is 5.41. The second kappa shape index (κ2) is 5.69. The summed E-state index contributed by atoms with van der Waals surface area (Å²) in [4.78, 5) is 26.8. The molecule has 1 aromatic carbocycles. The highest BCUT2D eigenvalue weighted by atomic mass is 16.2. The fourth-order valence-corrected chi connectivity index (χ4v) is 4.15. The molecule has 0 unspecified atom stereocenters. The van der Waals surface area contributed by atoms with E-state index < -0.39 is 0 Å². The maximum Gasteiger partial charge on any atom is 0.261 e. The Morgan fingerprint density at radius 3 is 2.23 bits per heavy atom. The average Bonchev–Trinajstić information content (AvgIpc) is 3.26. The first kappa shape index (κ1) is 16.8. The molecule has 0 bridgehead atoms. The summed E-state index contributed by atoms with van der Waals surface area (Å²) in [5.41, 5.74) is 7.94. The summed E-state index contributed by atoms with van der Waals surface area (Å²) in [5.74, 6) is 0.527. The van der Waals surface area contributed by atoms with Crippen molar-refractivity contribution in [3.05, 3.63) is 47.2 Å². The number of benzene rings is 1. The Morgan fingerprint density at radius 2 is 1.69 bits per heavy atom. The first-order valence-electron chi connectivity index (χ1n) is 9.10. The van der Waals surface area contributed by atoms with E-state index >= 15 is 0 Å². The van der Waals surface area contributed by atoms with Crippen molar-refractivity contribution in [2.45, 2.75) is 57.5 Å². The zero-order chi connectivity index (χ0) is 18.6. The van der Waals surface area contributed by atoms with Gasteiger partial charge in [-0.15, -0.1) is 0 Å². The molecule has 136 valence electrons. The van der Waals surface area contributed by atoms with Crippen LogP contribution in [-0.4, -0.2) is 32.5 Å². The Balaban J connectivity index is 1.55. The first-order chi connectivity index (χ1) is 12.3. The van der Waals surface area contributed by atoms with Crippen LogP contribution in [0.1, 0.15) is 72.4 Å². The van der Waals surface area contributed by atoms with Crippen molar-refractivity contribution in [2.75, 3.05) is 5.73 Å². The molecule has 26 heavy (non-hydrogen) atoms. The standard InChI is InChI=1S/C20H24N4O2/c1-20(2,3)24-17(21)11-16(22-24)12-8-9-13(10-12)23-18(25)14-6-4-5-7-15(14)19(23)26/h4-7,11-13H,8-10,21H2,1-3H3/t12-,13+/m0/s1. The molecule has 4 rings (SSSR count). The van der Waals surface area contributed by atoms with Crippen LogP contribution >= 0.6 is 0 Å². The van der Waals surface area contributed by atoms with Crippen LogP contribution in [0.4, 0.5) is 5.82 Å². The van der Waals surface area contributed by atoms with Gasteiger partial charge in [0.1, 0.15) is 5.82 Å². The van der Waals surface area contributed by atoms with Gasteiger partial charge in [0.25, 0.3) is 11.8 Å². The third-order valence-electron chi connectivity index (χ3n) is 5.41. The minimum atomic E-state index is -0.178. The smallest absolute Gasteiger partial charge is 0.261 e. The van der Waals surface area contributed by atoms with E-state index in [1.165, 1.54) is 4.90 Å². The summed E-state index contributed by atoms with van der Waals surface area (Å²) >= 11 is 0. The van der Waals surface area contributed by atoms with Gasteiger partial charge in [-0.3, -0.25) is 14.5 Å². The predicted molar refractivity (Wildman–Crippen MR) is 99.0 cm³/mol. The zero-order valence-electron chi connectivity index (χ0n) is 15.4. The van der Waals surface area contributed by atoms with Gasteiger partial charge in [0, 0.05) is 18.0 Å². The number of carbonyl (C=O) groups is 2. The maximum absolute atomic E-state index is 12.7. The Hall–Kier alpha value is -2.63. The molecule has 1 aromatic heterocycles. The number of fused-ring (bicyclic) bond motifs is 1. The molecular formula is C20H24N4O2. The Bertz CT molecular complexity index is 858. The number of rotatable bonds is 2. The van der Waals surface area contributed by atoms with Crippen molar-refractivity contribution >= 4 is 17.6 Å². The van der Waals surface area contributed by atoms with Crippen LogP contribution in [0.5, 0.6) is 0 Å². The molecule has 2 N–H and O–H groups in total. The highest BCUT2D eigenvalue weighted by Gasteiger charge is 2.43. The van der Waals surface area contributed by atoms with Crippen molar-refractivity contribution in [1.82, 2.24) is 14.7 Å². The van der Waals surface area contributed by atoms with Crippen LogP contribution in [-0.2, 0) is 5.54 Å². The second-order valence-corrected chi connectivity index (χ2v) is 8.27. The van der Waals surface area contributed by atoms with Crippen LogP contribution in [0.25, 0.3) is 0 Å². The molecule has 6 nitrogen and oxygen atoms in total. The number of aromatic nitrogens is 2. The summed E-state index contributed by atoms with van der Waals surface area (Å²) in [5, 5.41) is 4.70. The lowest BCUT2D eigenvalue weighted by atomic mass is 10.0. The number of nitrogens with two attached hydrogens (primary N) is 1. The van der Waals surface area contributed by atoms with Crippen molar-refractivity contribution in [1.29, 1.82) is 0 Å². The van der Waals surface area contributed by atoms with Gasteiger partial charge in [0.15, 0.2) is 0 Å². The topological polar surface area (TPSA) is 81.2 Å². The van der Waals surface area contributed by atoms with Gasteiger partial charge in [0.05, 0.1) is 22.4 Å². The summed E-state index contributed by atoms with van der Waals surface area (Å²) in [6.45, 7) is 6.20. The molecule has 2 amide bonds. The minimum absolute atomic E-state index is 0.0755. The molecular weight excluding hydrogens is 328 g/mol. The minimum Gasteiger partial charge on any atom is -0.384 e. The zero-order valence-corrected chi connectivity index (χ0v) is 15.4. The Labute approximate surface area is 153 Å². The summed E-state index contributed by atoms with van der Waals surface area (Å²) in [6, 6.07) is 8.91. The number of carbonyl (C=O) groups excluding carboxylic acids is 2. The van der Waals surface area contributed by atoms with E-state index in [-0.39, 0.29) is 29.3 Å². The number of hydrogen-bond acceptors (Lipinski definition) is 4. The van der Waals surface area contributed by atoms with E-state index in [0.717, 1.165) is 25.0 Å². The molecule has 1 fully saturated rings. The lowest BCUT2D eigenvalue weighted by Gasteiger charge is -2.22. The SMILES string of the molecule is CC(C)(C)n1nc([C@H]2CC[C@@H](N3C(=O)c4ccccc4C3=O)C2)cc1N. The number of nitrogens with zero attached hydrogens (tertiary/aromatic N) is 3. The summed E-state index contributed by atoms with van der Waals surface area (Å²) in [7, 11) is 0. The van der Waals surface area contributed by atoms with E-state index in [1.54, 1.807) is 24.3 Å². The highest BCUT2D eigenvalue weighted by molar-refractivity contribution is 6.21. The van der Waals surface area contributed by atoms with Crippen molar-refractivity contribution < 1.29 is 9.59 Å². The molecule has 2 heterocycles. The normalized spacial score (nSPS) is 23.0. The van der Waals surface area contributed by atoms with Gasteiger partial charge in [-0.1, -0.05) is 12.1 Å². The van der Waals surface area contributed by atoms with Crippen molar-refractivity contribution in [3.8, 4) is 0 Å². The van der Waals surface area contributed by atoms with Crippen LogP contribution in [0.2, 0.25) is 0 Å². The molecule has 0 spiro atoms. The van der Waals surface area contributed by atoms with Crippen LogP contribution in [0.3, 0.4) is 0 Å². The number of amides is 2. The fourth-order valence-electron chi connectivity index (χ4n) is 4.15. The van der Waals surface area contributed by atoms with Gasteiger partial charge < -0.3 is 5.73 Å². The van der Waals surface area contributed by atoms with Gasteiger partial charge in [-0.05, 0) is 52.2 Å². The van der Waals surface area contributed by atoms with Gasteiger partial charge in [-0.25, -0.2) is 4.68 Å². The number of imide groups is 1. The third kappa shape index (κ3) is 2.52. The van der Waals surface area contributed by atoms with Gasteiger partial charge in [0.2, 0.25) is 0 Å². The molecule has 1 aliphatic carbocycles. The molecule has 6 heteroatoms. The van der Waals surface area contributed by atoms with E-state index in [2.05, 4.69) is 20.8 Å². The van der Waals surface area contributed by atoms with Gasteiger partial charge in [-0.2, -0.15) is 5.10 Å². The molecule has 0 saturated heterocycles. The summed E-state index contributed by atoms with van der Waals surface area (Å²) in [6.07, 6.45) is 2.45. The van der Waals surface area contributed by atoms with Crippen LogP contribution < -0.4 is 5.73 Å². The van der Waals surface area contributed by atoms with E-state index in [4.69, 9.17) is 10.8 Å². The average molecular weight is 352 g/mol. The molecule has 2 atom stereocenters. The second-order valence-electron chi connectivity index (χ2n) is 8.27. The van der Waals surface area contributed by atoms with E-state index in [0.29, 0.717) is 16.9 Å². The van der Waals surface area contributed by atoms with E-state index in [9.17, 15) is 9.59 Å². The largest absolute Gasteiger partial charge is 0.384 e. The van der Waals surface area contributed by atoms with Gasteiger partial charge >= 0.3 is 0 Å². The predicted octanol–water partition coefficient (Wildman–Crippen LogP) is 3.15. The Morgan fingerprint density at radius 1 is 1.08 bits per heavy atom. The lowest BCUT2D eigenvalue weighted by molar-refractivity contribution is 0.0586. The number of nitrogen functional groups attached to an aromatic ring is 1. The Kier molecular flexibility index (Phi) is 3.68. The molecule has 2 aliphatic rings. The lowest BCUT2D eigenvalue weighted by Crippen LogP contribution is -2.38.